The minimum Gasteiger partial charge on any atom is -0.464 e. The molecule has 0 amide bonds. The molecule has 4 rings (SSSR count). The predicted molar refractivity (Wildman–Crippen MR) is 122 cm³/mol. The van der Waals surface area contributed by atoms with Gasteiger partial charge in [0.05, 0.1) is 17.4 Å². The van der Waals surface area contributed by atoms with Crippen LogP contribution >= 0.6 is 0 Å². The molecule has 0 radical (unpaired) electrons. The Morgan fingerprint density at radius 2 is 1.78 bits per heavy atom. The van der Waals surface area contributed by atoms with Crippen LogP contribution in [0.15, 0.2) is 46.1 Å². The van der Waals surface area contributed by atoms with Crippen molar-refractivity contribution < 1.29 is 17.9 Å². The van der Waals surface area contributed by atoms with Gasteiger partial charge in [0.2, 0.25) is 0 Å². The zero-order valence-corrected chi connectivity index (χ0v) is 19.2. The lowest BCUT2D eigenvalue weighted by Crippen LogP contribution is -2.27. The summed E-state index contributed by atoms with van der Waals surface area (Å²) in [5.74, 6) is -0.568. The van der Waals surface area contributed by atoms with Crippen LogP contribution in [0.5, 0.6) is 0 Å². The first kappa shape index (κ1) is 22.2. The first-order chi connectivity index (χ1) is 15.2. The monoisotopic (exact) mass is 454 g/mol. The average molecular weight is 455 g/mol. The van der Waals surface area contributed by atoms with Crippen LogP contribution in [0.2, 0.25) is 0 Å². The fraction of sp³-hybridized carbons (Fsp3) is 0.375. The lowest BCUT2D eigenvalue weighted by Gasteiger charge is -2.23. The highest BCUT2D eigenvalue weighted by molar-refractivity contribution is 7.90. The van der Waals surface area contributed by atoms with Crippen molar-refractivity contribution in [1.82, 2.24) is 9.55 Å². The van der Waals surface area contributed by atoms with Crippen LogP contribution in [0.4, 0.5) is 0 Å². The third kappa shape index (κ3) is 4.07. The van der Waals surface area contributed by atoms with Gasteiger partial charge in [-0.15, -0.1) is 0 Å². The molecular weight excluding hydrogens is 428 g/mol. The number of aromatic nitrogens is 2. The van der Waals surface area contributed by atoms with E-state index >= 15 is 0 Å². The van der Waals surface area contributed by atoms with E-state index in [1.807, 2.05) is 11.5 Å². The molecule has 0 N–H and O–H groups in total. The van der Waals surface area contributed by atoms with E-state index in [0.29, 0.717) is 16.6 Å². The maximum atomic E-state index is 13.5. The number of pyridine rings is 2. The first-order valence-electron chi connectivity index (χ1n) is 10.6. The lowest BCUT2D eigenvalue weighted by molar-refractivity contribution is 0.0584. The summed E-state index contributed by atoms with van der Waals surface area (Å²) in [6, 6.07) is 10.0. The van der Waals surface area contributed by atoms with Gasteiger partial charge in [-0.2, -0.15) is 0 Å². The molecule has 0 bridgehead atoms. The maximum Gasteiger partial charge on any atom is 0.355 e. The highest BCUT2D eigenvalue weighted by Gasteiger charge is 2.29. The van der Waals surface area contributed by atoms with Crippen LogP contribution in [0.25, 0.3) is 11.0 Å². The van der Waals surface area contributed by atoms with Gasteiger partial charge in [0, 0.05) is 30.0 Å². The van der Waals surface area contributed by atoms with Gasteiger partial charge in [-0.1, -0.05) is 25.0 Å². The van der Waals surface area contributed by atoms with E-state index in [9.17, 15) is 18.0 Å². The van der Waals surface area contributed by atoms with Crippen molar-refractivity contribution in [1.29, 1.82) is 0 Å². The molecule has 168 valence electrons. The van der Waals surface area contributed by atoms with Crippen LogP contribution in [-0.2, 0) is 21.0 Å². The van der Waals surface area contributed by atoms with E-state index < -0.39 is 15.8 Å². The molecule has 1 fully saturated rings. The van der Waals surface area contributed by atoms with E-state index in [4.69, 9.17) is 4.74 Å². The SMILES string of the molecule is COC(=O)c1c(Cc2ccc(S(C)(=O)=O)cc2)c(=O)c2ccc(C)nc2n1C1CCCC1. The molecule has 32 heavy (non-hydrogen) atoms. The molecule has 0 atom stereocenters. The number of fused-ring (bicyclic) bond motifs is 1. The molecule has 8 heteroatoms. The Bertz CT molecular complexity index is 1350. The third-order valence-electron chi connectivity index (χ3n) is 6.09. The predicted octanol–water partition coefficient (Wildman–Crippen LogP) is 3.60. The van der Waals surface area contributed by atoms with Crippen LogP contribution in [0, 0.1) is 6.92 Å². The molecule has 1 saturated carbocycles. The summed E-state index contributed by atoms with van der Waals surface area (Å²) >= 11 is 0. The number of methoxy groups -OCH3 is 1. The molecule has 2 aromatic heterocycles. The molecule has 0 saturated heterocycles. The van der Waals surface area contributed by atoms with Gasteiger partial charge in [0.25, 0.3) is 0 Å². The summed E-state index contributed by atoms with van der Waals surface area (Å²) in [7, 11) is -2.02. The second kappa shape index (κ2) is 8.50. The molecule has 0 unspecified atom stereocenters. The number of benzene rings is 1. The molecule has 0 aliphatic heterocycles. The second-order valence-corrected chi connectivity index (χ2v) is 10.4. The maximum absolute atomic E-state index is 13.5. The Labute approximate surface area is 187 Å². The molecule has 1 aliphatic carbocycles. The minimum atomic E-state index is -3.33. The average Bonchev–Trinajstić information content (AvgIpc) is 3.29. The molecular formula is C24H26N2O5S. The fourth-order valence-electron chi connectivity index (χ4n) is 4.48. The highest BCUT2D eigenvalue weighted by atomic mass is 32.2. The van der Waals surface area contributed by atoms with Gasteiger partial charge >= 0.3 is 5.97 Å². The lowest BCUT2D eigenvalue weighted by atomic mass is 9.99. The number of hydrogen-bond donors (Lipinski definition) is 0. The number of carbonyl (C=O) groups is 1. The van der Waals surface area contributed by atoms with Gasteiger partial charge in [-0.3, -0.25) is 4.79 Å². The molecule has 1 aliphatic rings. The first-order valence-corrected chi connectivity index (χ1v) is 12.5. The summed E-state index contributed by atoms with van der Waals surface area (Å²) in [4.78, 5) is 31.3. The van der Waals surface area contributed by atoms with Crippen LogP contribution < -0.4 is 5.43 Å². The van der Waals surface area contributed by atoms with Crippen molar-refractivity contribution in [2.75, 3.05) is 13.4 Å². The minimum absolute atomic E-state index is 0.0628. The van der Waals surface area contributed by atoms with Crippen LogP contribution in [-0.4, -0.2) is 37.3 Å². The summed E-state index contributed by atoms with van der Waals surface area (Å²) in [6.07, 6.45) is 5.24. The van der Waals surface area contributed by atoms with E-state index in [2.05, 4.69) is 4.98 Å². The van der Waals surface area contributed by atoms with Crippen molar-refractivity contribution in [2.45, 2.75) is 50.0 Å². The number of hydrogen-bond acceptors (Lipinski definition) is 6. The molecule has 3 aromatic rings. The van der Waals surface area contributed by atoms with Crippen molar-refractivity contribution >= 4 is 26.8 Å². The Kier molecular flexibility index (Phi) is 5.90. The quantitative estimate of drug-likeness (QED) is 0.547. The molecule has 2 heterocycles. The number of sulfone groups is 1. The smallest absolute Gasteiger partial charge is 0.355 e. The van der Waals surface area contributed by atoms with Crippen molar-refractivity contribution in [3.8, 4) is 0 Å². The number of nitrogens with zero attached hydrogens (tertiary/aromatic N) is 2. The summed E-state index contributed by atoms with van der Waals surface area (Å²) in [5.41, 5.74) is 2.34. The highest BCUT2D eigenvalue weighted by Crippen LogP contribution is 2.34. The van der Waals surface area contributed by atoms with E-state index in [0.717, 1.165) is 43.2 Å². The summed E-state index contributed by atoms with van der Waals surface area (Å²) in [6.45, 7) is 1.86. The third-order valence-corrected chi connectivity index (χ3v) is 7.22. The van der Waals surface area contributed by atoms with Crippen LogP contribution in [0.3, 0.4) is 0 Å². The molecule has 7 nitrogen and oxygen atoms in total. The standard InChI is InChI=1S/C24H26N2O5S/c1-15-8-13-19-22(27)20(14-16-9-11-18(12-10-16)32(3,29)30)21(24(28)31-2)26(23(19)25-15)17-6-4-5-7-17/h8-13,17H,4-7,14H2,1-3H3. The normalized spacial score (nSPS) is 14.7. The zero-order valence-electron chi connectivity index (χ0n) is 18.4. The molecule has 0 spiro atoms. The van der Waals surface area contributed by atoms with Gasteiger partial charge in [0.15, 0.2) is 15.3 Å². The number of aryl methyl sites for hydroxylation is 1. The van der Waals surface area contributed by atoms with Crippen molar-refractivity contribution in [3.63, 3.8) is 0 Å². The largest absolute Gasteiger partial charge is 0.464 e. The summed E-state index contributed by atoms with van der Waals surface area (Å²) in [5, 5.41) is 0.470. The van der Waals surface area contributed by atoms with Crippen molar-refractivity contribution in [3.05, 3.63) is 69.1 Å². The second-order valence-electron chi connectivity index (χ2n) is 8.37. The van der Waals surface area contributed by atoms with Gasteiger partial charge in [-0.25, -0.2) is 18.2 Å². The number of esters is 1. The Morgan fingerprint density at radius 3 is 2.38 bits per heavy atom. The summed E-state index contributed by atoms with van der Waals surface area (Å²) < 4.78 is 30.6. The Balaban J connectivity index is 1.97. The van der Waals surface area contributed by atoms with E-state index in [1.165, 1.54) is 19.2 Å². The number of rotatable bonds is 5. The zero-order chi connectivity index (χ0) is 23.0. The fourth-order valence-corrected chi connectivity index (χ4v) is 5.11. The Morgan fingerprint density at radius 1 is 1.12 bits per heavy atom. The Hall–Kier alpha value is -3.00. The van der Waals surface area contributed by atoms with Gasteiger partial charge in [-0.05, 0) is 49.6 Å². The van der Waals surface area contributed by atoms with Gasteiger partial charge in [0.1, 0.15) is 11.3 Å². The number of carbonyl (C=O) groups excluding carboxylic acids is 1. The van der Waals surface area contributed by atoms with E-state index in [-0.39, 0.29) is 28.5 Å². The van der Waals surface area contributed by atoms with Gasteiger partial charge < -0.3 is 9.30 Å². The topological polar surface area (TPSA) is 95.3 Å². The van der Waals surface area contributed by atoms with Crippen LogP contribution in [0.1, 0.15) is 59.0 Å². The molecule has 1 aromatic carbocycles. The van der Waals surface area contributed by atoms with E-state index in [1.54, 1.807) is 24.3 Å². The van der Waals surface area contributed by atoms with Crippen molar-refractivity contribution in [2.24, 2.45) is 0 Å². The number of ether oxygens (including phenoxy) is 1.